The molecule has 0 saturated heterocycles. The number of anilines is 2. The van der Waals surface area contributed by atoms with Crippen molar-refractivity contribution in [1.82, 2.24) is 25.0 Å². The Kier molecular flexibility index (Phi) is 2.70. The van der Waals surface area contributed by atoms with E-state index in [1.807, 2.05) is 0 Å². The molecule has 106 valence electrons. The largest absolute Gasteiger partial charge is 0.372 e. The molecule has 1 aliphatic heterocycles. The summed E-state index contributed by atoms with van der Waals surface area (Å²) in [6, 6.07) is 8.77. The number of fused-ring (bicyclic) bond motifs is 2. The quantitative estimate of drug-likeness (QED) is 0.755. The van der Waals surface area contributed by atoms with Gasteiger partial charge in [0.05, 0.1) is 6.20 Å². The molecule has 7 heteroatoms. The Labute approximate surface area is 121 Å². The van der Waals surface area contributed by atoms with Crippen LogP contribution in [-0.4, -0.2) is 44.7 Å². The van der Waals surface area contributed by atoms with E-state index in [0.717, 1.165) is 18.8 Å². The Morgan fingerprint density at radius 3 is 3.14 bits per heavy atom. The van der Waals surface area contributed by atoms with Gasteiger partial charge in [0, 0.05) is 31.5 Å². The number of nitrogens with one attached hydrogen (secondary N) is 1. The second-order valence-corrected chi connectivity index (χ2v) is 5.28. The smallest absolute Gasteiger partial charge is 0.221 e. The van der Waals surface area contributed by atoms with Gasteiger partial charge in [0.25, 0.3) is 0 Å². The summed E-state index contributed by atoms with van der Waals surface area (Å²) in [6.45, 7) is 0.918. The third-order valence-electron chi connectivity index (χ3n) is 3.82. The van der Waals surface area contributed by atoms with Gasteiger partial charge in [-0.3, -0.25) is 0 Å². The Morgan fingerprint density at radius 2 is 2.19 bits per heavy atom. The summed E-state index contributed by atoms with van der Waals surface area (Å²) in [4.78, 5) is 6.62. The van der Waals surface area contributed by atoms with Gasteiger partial charge in [-0.05, 0) is 28.5 Å². The zero-order valence-electron chi connectivity index (χ0n) is 11.6. The molecular formula is C14H15N7. The lowest BCUT2D eigenvalue weighted by atomic mass is 9.98. The summed E-state index contributed by atoms with van der Waals surface area (Å²) in [6.07, 6.45) is 4.40. The van der Waals surface area contributed by atoms with E-state index in [9.17, 15) is 0 Å². The Balaban J connectivity index is 1.63. The second kappa shape index (κ2) is 4.69. The molecule has 0 radical (unpaired) electrons. The molecule has 1 atom stereocenters. The number of hydrogen-bond donors (Lipinski definition) is 1. The molecule has 7 nitrogen and oxygen atoms in total. The van der Waals surface area contributed by atoms with E-state index in [0.29, 0.717) is 5.65 Å². The van der Waals surface area contributed by atoms with Gasteiger partial charge in [-0.1, -0.05) is 18.2 Å². The molecule has 21 heavy (non-hydrogen) atoms. The molecule has 1 aromatic carbocycles. The van der Waals surface area contributed by atoms with Crippen LogP contribution in [0.1, 0.15) is 5.56 Å². The Hall–Kier alpha value is -2.70. The number of para-hydroxylation sites is 1. The van der Waals surface area contributed by atoms with Crippen molar-refractivity contribution in [3.05, 3.63) is 42.2 Å². The molecule has 0 unspecified atom stereocenters. The molecule has 0 amide bonds. The van der Waals surface area contributed by atoms with E-state index in [4.69, 9.17) is 0 Å². The highest BCUT2D eigenvalue weighted by Gasteiger charge is 2.22. The number of rotatable bonds is 2. The van der Waals surface area contributed by atoms with Crippen molar-refractivity contribution in [3.63, 3.8) is 0 Å². The molecular weight excluding hydrogens is 266 g/mol. The zero-order chi connectivity index (χ0) is 14.2. The molecule has 1 N–H and O–H groups in total. The third kappa shape index (κ3) is 2.06. The second-order valence-electron chi connectivity index (χ2n) is 5.28. The molecule has 0 saturated carbocycles. The number of hydrogen-bond acceptors (Lipinski definition) is 6. The summed E-state index contributed by atoms with van der Waals surface area (Å²) in [5.74, 6) is 0.722. The van der Waals surface area contributed by atoms with Crippen LogP contribution in [0.25, 0.3) is 5.65 Å². The summed E-state index contributed by atoms with van der Waals surface area (Å²) in [7, 11) is 2.11. The highest BCUT2D eigenvalue weighted by atomic mass is 15.5. The van der Waals surface area contributed by atoms with E-state index in [1.54, 1.807) is 16.9 Å². The average Bonchev–Trinajstić information content (AvgIpc) is 2.97. The van der Waals surface area contributed by atoms with Crippen LogP contribution in [0.3, 0.4) is 0 Å². The normalized spacial score (nSPS) is 17.8. The first-order valence-electron chi connectivity index (χ1n) is 6.89. The maximum absolute atomic E-state index is 4.36. The summed E-state index contributed by atoms with van der Waals surface area (Å²) in [5, 5.41) is 15.0. The van der Waals surface area contributed by atoms with Crippen molar-refractivity contribution in [1.29, 1.82) is 0 Å². The van der Waals surface area contributed by atoms with Gasteiger partial charge in [0.15, 0.2) is 5.82 Å². The van der Waals surface area contributed by atoms with E-state index in [1.165, 1.54) is 11.3 Å². The van der Waals surface area contributed by atoms with Gasteiger partial charge in [0.1, 0.15) is 0 Å². The number of tetrazole rings is 1. The van der Waals surface area contributed by atoms with Crippen molar-refractivity contribution in [2.75, 3.05) is 23.8 Å². The standard InChI is InChI=1S/C14H15N7/c1-20-9-11(8-10-4-2-3-5-12(10)20)16-13-14-17-18-19-21(14)7-6-15-13/h2-7,11H,8-9H2,1H3,(H,15,16)/t11-/m1/s1. The first-order chi connectivity index (χ1) is 10.3. The fourth-order valence-corrected chi connectivity index (χ4v) is 2.89. The van der Waals surface area contributed by atoms with Crippen LogP contribution in [0, 0.1) is 0 Å². The monoisotopic (exact) mass is 281 g/mol. The van der Waals surface area contributed by atoms with Gasteiger partial charge < -0.3 is 10.2 Å². The minimum atomic E-state index is 0.278. The third-order valence-corrected chi connectivity index (χ3v) is 3.82. The highest BCUT2D eigenvalue weighted by molar-refractivity contribution is 5.63. The number of likely N-dealkylation sites (N-methyl/N-ethyl adjacent to an activating group) is 1. The molecule has 0 bridgehead atoms. The summed E-state index contributed by atoms with van der Waals surface area (Å²) >= 11 is 0. The molecule has 0 spiro atoms. The van der Waals surface area contributed by atoms with Crippen LogP contribution < -0.4 is 10.2 Å². The first-order valence-corrected chi connectivity index (χ1v) is 6.89. The Morgan fingerprint density at radius 1 is 1.29 bits per heavy atom. The van der Waals surface area contributed by atoms with Gasteiger partial charge in [-0.25, -0.2) is 4.98 Å². The molecule has 4 rings (SSSR count). The van der Waals surface area contributed by atoms with Gasteiger partial charge in [-0.2, -0.15) is 4.52 Å². The van der Waals surface area contributed by atoms with E-state index in [-0.39, 0.29) is 6.04 Å². The fourth-order valence-electron chi connectivity index (χ4n) is 2.89. The molecule has 2 aromatic heterocycles. The van der Waals surface area contributed by atoms with Crippen LogP contribution >= 0.6 is 0 Å². The van der Waals surface area contributed by atoms with Crippen molar-refractivity contribution >= 4 is 17.2 Å². The van der Waals surface area contributed by atoms with E-state index in [2.05, 4.69) is 62.0 Å². The summed E-state index contributed by atoms with van der Waals surface area (Å²) < 4.78 is 1.62. The zero-order valence-corrected chi connectivity index (χ0v) is 11.6. The van der Waals surface area contributed by atoms with E-state index >= 15 is 0 Å². The van der Waals surface area contributed by atoms with Gasteiger partial charge >= 0.3 is 0 Å². The van der Waals surface area contributed by atoms with Crippen LogP contribution in [0.5, 0.6) is 0 Å². The van der Waals surface area contributed by atoms with Crippen LogP contribution in [0.2, 0.25) is 0 Å². The van der Waals surface area contributed by atoms with Crippen LogP contribution in [0.4, 0.5) is 11.5 Å². The van der Waals surface area contributed by atoms with Crippen LogP contribution in [-0.2, 0) is 6.42 Å². The van der Waals surface area contributed by atoms with Crippen molar-refractivity contribution in [2.24, 2.45) is 0 Å². The Bertz CT molecular complexity index is 782. The maximum atomic E-state index is 4.36. The molecule has 3 aromatic rings. The van der Waals surface area contributed by atoms with Gasteiger partial charge in [-0.15, -0.1) is 5.10 Å². The minimum absolute atomic E-state index is 0.278. The molecule has 3 heterocycles. The number of aromatic nitrogens is 5. The van der Waals surface area contributed by atoms with Crippen molar-refractivity contribution in [3.8, 4) is 0 Å². The maximum Gasteiger partial charge on any atom is 0.221 e. The topological polar surface area (TPSA) is 71.2 Å². The van der Waals surface area contributed by atoms with Gasteiger partial charge in [0.2, 0.25) is 5.65 Å². The van der Waals surface area contributed by atoms with Crippen LogP contribution in [0.15, 0.2) is 36.7 Å². The first kappa shape index (κ1) is 12.1. The summed E-state index contributed by atoms with van der Waals surface area (Å²) in [5.41, 5.74) is 3.29. The van der Waals surface area contributed by atoms with Crippen molar-refractivity contribution in [2.45, 2.75) is 12.5 Å². The lowest BCUT2D eigenvalue weighted by Gasteiger charge is -2.34. The average molecular weight is 281 g/mol. The van der Waals surface area contributed by atoms with Crippen molar-refractivity contribution < 1.29 is 0 Å². The lowest BCUT2D eigenvalue weighted by molar-refractivity contribution is 0.661. The molecule has 0 fully saturated rings. The number of benzene rings is 1. The minimum Gasteiger partial charge on any atom is -0.372 e. The predicted molar refractivity (Wildman–Crippen MR) is 79.4 cm³/mol. The highest BCUT2D eigenvalue weighted by Crippen LogP contribution is 2.26. The number of nitrogens with zero attached hydrogens (tertiary/aromatic N) is 6. The van der Waals surface area contributed by atoms with E-state index < -0.39 is 0 Å². The fraction of sp³-hybridized carbons (Fsp3) is 0.286. The molecule has 0 aliphatic carbocycles. The molecule has 1 aliphatic rings. The SMILES string of the molecule is CN1C[C@H](Nc2nccn3nnnc23)Cc2ccccc21. The lowest BCUT2D eigenvalue weighted by Crippen LogP contribution is -2.40. The predicted octanol–water partition coefficient (Wildman–Crippen LogP) is 0.992.